The molecule has 0 bridgehead atoms. The number of rotatable bonds is 5. The average Bonchev–Trinajstić information content (AvgIpc) is 3.51. The fourth-order valence-electron chi connectivity index (χ4n) is 4.58. The zero-order chi connectivity index (χ0) is 18.9. The Morgan fingerprint density at radius 2 is 1.79 bits per heavy atom. The van der Waals surface area contributed by atoms with E-state index in [9.17, 15) is 4.79 Å². The second-order valence-electron chi connectivity index (χ2n) is 8.19. The van der Waals surface area contributed by atoms with Crippen molar-refractivity contribution in [1.29, 1.82) is 0 Å². The number of nitrogens with one attached hydrogen (secondary N) is 1. The third kappa shape index (κ3) is 3.57. The van der Waals surface area contributed by atoms with E-state index in [0.29, 0.717) is 6.42 Å². The molecule has 1 N–H and O–H groups in total. The van der Waals surface area contributed by atoms with Crippen molar-refractivity contribution >= 4 is 16.8 Å². The van der Waals surface area contributed by atoms with Gasteiger partial charge in [-0.05, 0) is 36.5 Å². The van der Waals surface area contributed by atoms with Crippen molar-refractivity contribution in [2.75, 3.05) is 19.6 Å². The summed E-state index contributed by atoms with van der Waals surface area (Å²) >= 11 is 0. The SMILES string of the molecule is O=C(Cc1c[nH]c2ccccc12)N1CCN(C2CC2)CC1Cc1ccccc1. The molecule has 2 aliphatic rings. The number of fused-ring (bicyclic) bond motifs is 1. The summed E-state index contributed by atoms with van der Waals surface area (Å²) < 4.78 is 0. The van der Waals surface area contributed by atoms with Gasteiger partial charge < -0.3 is 9.88 Å². The van der Waals surface area contributed by atoms with Crippen LogP contribution in [0.2, 0.25) is 0 Å². The fourth-order valence-corrected chi connectivity index (χ4v) is 4.58. The Kier molecular flexibility index (Phi) is 4.65. The van der Waals surface area contributed by atoms with Gasteiger partial charge in [-0.3, -0.25) is 9.69 Å². The number of carbonyl (C=O) groups is 1. The largest absolute Gasteiger partial charge is 0.361 e. The van der Waals surface area contributed by atoms with Crippen molar-refractivity contribution in [3.8, 4) is 0 Å². The highest BCUT2D eigenvalue weighted by atomic mass is 16.2. The third-order valence-electron chi connectivity index (χ3n) is 6.23. The molecule has 0 radical (unpaired) electrons. The highest BCUT2D eigenvalue weighted by Crippen LogP contribution is 2.30. The maximum Gasteiger partial charge on any atom is 0.227 e. The van der Waals surface area contributed by atoms with Crippen LogP contribution in [0.3, 0.4) is 0 Å². The molecule has 4 heteroatoms. The van der Waals surface area contributed by atoms with E-state index >= 15 is 0 Å². The number of carbonyl (C=O) groups excluding carboxylic acids is 1. The smallest absolute Gasteiger partial charge is 0.227 e. The summed E-state index contributed by atoms with van der Waals surface area (Å²) in [6, 6.07) is 19.8. The molecule has 144 valence electrons. The number of aromatic amines is 1. The van der Waals surface area contributed by atoms with Crippen molar-refractivity contribution in [2.45, 2.75) is 37.8 Å². The number of benzene rings is 2. The number of amides is 1. The Bertz CT molecular complexity index is 960. The van der Waals surface area contributed by atoms with Crippen molar-refractivity contribution in [3.63, 3.8) is 0 Å². The van der Waals surface area contributed by atoms with E-state index in [4.69, 9.17) is 0 Å². The van der Waals surface area contributed by atoms with Gasteiger partial charge in [-0.1, -0.05) is 48.5 Å². The minimum atomic E-state index is 0.251. The van der Waals surface area contributed by atoms with Gasteiger partial charge in [-0.15, -0.1) is 0 Å². The summed E-state index contributed by atoms with van der Waals surface area (Å²) in [4.78, 5) is 21.3. The van der Waals surface area contributed by atoms with Crippen LogP contribution in [0.25, 0.3) is 10.9 Å². The second-order valence-corrected chi connectivity index (χ2v) is 8.19. The molecule has 1 saturated carbocycles. The molecule has 2 fully saturated rings. The molecule has 4 nitrogen and oxygen atoms in total. The van der Waals surface area contributed by atoms with Crippen LogP contribution in [0.1, 0.15) is 24.0 Å². The number of para-hydroxylation sites is 1. The van der Waals surface area contributed by atoms with Crippen LogP contribution in [0.5, 0.6) is 0 Å². The van der Waals surface area contributed by atoms with Gasteiger partial charge in [-0.2, -0.15) is 0 Å². The van der Waals surface area contributed by atoms with Gasteiger partial charge in [0.05, 0.1) is 6.42 Å². The molecular weight excluding hydrogens is 346 g/mol. The van der Waals surface area contributed by atoms with Gasteiger partial charge in [0.1, 0.15) is 0 Å². The summed E-state index contributed by atoms with van der Waals surface area (Å²) in [6.07, 6.45) is 6.04. The molecule has 1 atom stereocenters. The van der Waals surface area contributed by atoms with Crippen LogP contribution < -0.4 is 0 Å². The average molecular weight is 374 g/mol. The first-order valence-corrected chi connectivity index (χ1v) is 10.4. The lowest BCUT2D eigenvalue weighted by atomic mass is 10.0. The Labute approximate surface area is 166 Å². The molecule has 1 amide bonds. The first kappa shape index (κ1) is 17.5. The number of hydrogen-bond acceptors (Lipinski definition) is 2. The van der Waals surface area contributed by atoms with Crippen LogP contribution in [-0.2, 0) is 17.6 Å². The van der Waals surface area contributed by atoms with Crippen molar-refractivity contribution in [1.82, 2.24) is 14.8 Å². The lowest BCUT2D eigenvalue weighted by molar-refractivity contribution is -0.135. The maximum absolute atomic E-state index is 13.3. The molecule has 3 aromatic rings. The Morgan fingerprint density at radius 3 is 2.61 bits per heavy atom. The molecular formula is C24H27N3O. The van der Waals surface area contributed by atoms with Gasteiger partial charge in [0, 0.05) is 48.8 Å². The van der Waals surface area contributed by atoms with Crippen LogP contribution >= 0.6 is 0 Å². The lowest BCUT2D eigenvalue weighted by Crippen LogP contribution is -2.56. The number of piperazine rings is 1. The molecule has 5 rings (SSSR count). The molecule has 2 aromatic carbocycles. The monoisotopic (exact) mass is 373 g/mol. The summed E-state index contributed by atoms with van der Waals surface area (Å²) in [5.74, 6) is 0.251. The predicted octanol–water partition coefficient (Wildman–Crippen LogP) is 3.63. The zero-order valence-corrected chi connectivity index (χ0v) is 16.2. The van der Waals surface area contributed by atoms with Gasteiger partial charge in [-0.25, -0.2) is 0 Å². The van der Waals surface area contributed by atoms with Gasteiger partial charge in [0.15, 0.2) is 0 Å². The summed E-state index contributed by atoms with van der Waals surface area (Å²) in [5, 5.41) is 1.16. The fraction of sp³-hybridized carbons (Fsp3) is 0.375. The van der Waals surface area contributed by atoms with Gasteiger partial charge >= 0.3 is 0 Å². The third-order valence-corrected chi connectivity index (χ3v) is 6.23. The molecule has 0 spiro atoms. The zero-order valence-electron chi connectivity index (χ0n) is 16.2. The summed E-state index contributed by atoms with van der Waals surface area (Å²) in [5.41, 5.74) is 3.52. The second kappa shape index (κ2) is 7.44. The minimum absolute atomic E-state index is 0.251. The van der Waals surface area contributed by atoms with Crippen molar-refractivity contribution in [2.24, 2.45) is 0 Å². The molecule has 1 aliphatic heterocycles. The molecule has 1 aromatic heterocycles. The molecule has 1 aliphatic carbocycles. The van der Waals surface area contributed by atoms with Crippen LogP contribution in [0.15, 0.2) is 60.8 Å². The summed E-state index contributed by atoms with van der Waals surface area (Å²) in [6.45, 7) is 2.85. The van der Waals surface area contributed by atoms with E-state index in [1.165, 1.54) is 18.4 Å². The van der Waals surface area contributed by atoms with E-state index in [0.717, 1.165) is 48.6 Å². The van der Waals surface area contributed by atoms with E-state index < -0.39 is 0 Å². The van der Waals surface area contributed by atoms with Crippen LogP contribution in [0, 0.1) is 0 Å². The first-order chi connectivity index (χ1) is 13.8. The molecule has 28 heavy (non-hydrogen) atoms. The number of aromatic nitrogens is 1. The maximum atomic E-state index is 13.3. The number of hydrogen-bond donors (Lipinski definition) is 1. The molecule has 2 heterocycles. The highest BCUT2D eigenvalue weighted by Gasteiger charge is 2.37. The number of nitrogens with zero attached hydrogens (tertiary/aromatic N) is 2. The topological polar surface area (TPSA) is 39.3 Å². The molecule has 1 unspecified atom stereocenters. The normalized spacial score (nSPS) is 20.6. The van der Waals surface area contributed by atoms with Gasteiger partial charge in [0.25, 0.3) is 0 Å². The van der Waals surface area contributed by atoms with Crippen LogP contribution in [-0.4, -0.2) is 52.4 Å². The van der Waals surface area contributed by atoms with E-state index in [1.54, 1.807) is 0 Å². The van der Waals surface area contributed by atoms with E-state index in [1.807, 2.05) is 18.3 Å². The predicted molar refractivity (Wildman–Crippen MR) is 112 cm³/mol. The quantitative estimate of drug-likeness (QED) is 0.742. The standard InChI is InChI=1S/C24H27N3O/c28-24(15-19-16-25-23-9-5-4-8-22(19)23)27-13-12-26(20-10-11-20)17-21(27)14-18-6-2-1-3-7-18/h1-9,16,20-21,25H,10-15,17H2. The first-order valence-electron chi connectivity index (χ1n) is 10.4. The van der Waals surface area contributed by atoms with Crippen molar-refractivity contribution < 1.29 is 4.79 Å². The molecule has 1 saturated heterocycles. The van der Waals surface area contributed by atoms with E-state index in [-0.39, 0.29) is 11.9 Å². The van der Waals surface area contributed by atoms with Crippen molar-refractivity contribution in [3.05, 3.63) is 71.9 Å². The van der Waals surface area contributed by atoms with Crippen LogP contribution in [0.4, 0.5) is 0 Å². The van der Waals surface area contributed by atoms with Gasteiger partial charge in [0.2, 0.25) is 5.91 Å². The van der Waals surface area contributed by atoms with E-state index in [2.05, 4.69) is 57.2 Å². The Morgan fingerprint density at radius 1 is 1.00 bits per heavy atom. The minimum Gasteiger partial charge on any atom is -0.361 e. The number of H-pyrrole nitrogens is 1. The Balaban J connectivity index is 1.35. The summed E-state index contributed by atoms with van der Waals surface area (Å²) in [7, 11) is 0. The Hall–Kier alpha value is -2.59. The highest BCUT2D eigenvalue weighted by molar-refractivity contribution is 5.89. The lowest BCUT2D eigenvalue weighted by Gasteiger charge is -2.42.